The molecule has 9 heteroatoms. The van der Waals surface area contributed by atoms with E-state index in [1.54, 1.807) is 13.0 Å². The Kier molecular flexibility index (Phi) is 6.00. The zero-order valence-corrected chi connectivity index (χ0v) is 15.5. The number of rotatable bonds is 6. The molecule has 28 heavy (non-hydrogen) atoms. The van der Waals surface area contributed by atoms with E-state index < -0.39 is 18.3 Å². The van der Waals surface area contributed by atoms with Crippen molar-refractivity contribution in [2.24, 2.45) is 5.10 Å². The maximum absolute atomic E-state index is 13.4. The Bertz CT molecular complexity index is 1020. The summed E-state index contributed by atoms with van der Waals surface area (Å²) in [7, 11) is 0. The van der Waals surface area contributed by atoms with Gasteiger partial charge in [-0.15, -0.1) is 0 Å². The molecule has 0 unspecified atom stereocenters. The van der Waals surface area contributed by atoms with Crippen LogP contribution in [-0.4, -0.2) is 28.5 Å². The second kappa shape index (κ2) is 8.62. The summed E-state index contributed by atoms with van der Waals surface area (Å²) in [6.07, 6.45) is 1.34. The lowest BCUT2D eigenvalue weighted by molar-refractivity contribution is -0.123. The molecule has 0 saturated heterocycles. The van der Waals surface area contributed by atoms with Crippen LogP contribution in [0.3, 0.4) is 0 Å². The second-order valence-electron chi connectivity index (χ2n) is 5.69. The SMILES string of the molecule is Cc1nn(-c2ccc(F)cc2)c(Cl)c1/C=N/NC(=O)COc1ccccc1F. The first-order valence-corrected chi connectivity index (χ1v) is 8.54. The van der Waals surface area contributed by atoms with Crippen LogP contribution in [0, 0.1) is 18.6 Å². The molecule has 0 saturated carbocycles. The Labute approximate surface area is 164 Å². The number of hydrazone groups is 1. The van der Waals surface area contributed by atoms with E-state index in [9.17, 15) is 13.6 Å². The number of halogens is 3. The minimum atomic E-state index is -0.570. The summed E-state index contributed by atoms with van der Waals surface area (Å²) in [5.74, 6) is -1.53. The van der Waals surface area contributed by atoms with Gasteiger partial charge in [0.2, 0.25) is 0 Å². The van der Waals surface area contributed by atoms with Gasteiger partial charge in [0.15, 0.2) is 18.2 Å². The molecule has 0 aliphatic heterocycles. The van der Waals surface area contributed by atoms with Gasteiger partial charge in [-0.2, -0.15) is 10.2 Å². The van der Waals surface area contributed by atoms with Crippen molar-refractivity contribution in [2.45, 2.75) is 6.92 Å². The number of carbonyl (C=O) groups excluding carboxylic acids is 1. The molecular formula is C19H15ClF2N4O2. The summed E-state index contributed by atoms with van der Waals surface area (Å²) < 4.78 is 33.0. The number of ether oxygens (including phenoxy) is 1. The van der Waals surface area contributed by atoms with Crippen LogP contribution in [-0.2, 0) is 4.79 Å². The minimum Gasteiger partial charge on any atom is -0.481 e. The molecular weight excluding hydrogens is 390 g/mol. The quantitative estimate of drug-likeness (QED) is 0.503. The van der Waals surface area contributed by atoms with Gasteiger partial charge in [0.05, 0.1) is 23.2 Å². The van der Waals surface area contributed by atoms with Gasteiger partial charge in [-0.25, -0.2) is 18.9 Å². The van der Waals surface area contributed by atoms with Crippen LogP contribution in [0.25, 0.3) is 5.69 Å². The van der Waals surface area contributed by atoms with Crippen molar-refractivity contribution in [3.05, 3.63) is 76.6 Å². The summed E-state index contributed by atoms with van der Waals surface area (Å²) in [5, 5.41) is 8.36. The predicted molar refractivity (Wildman–Crippen MR) is 101 cm³/mol. The highest BCUT2D eigenvalue weighted by Crippen LogP contribution is 2.22. The fraction of sp³-hybridized carbons (Fsp3) is 0.105. The second-order valence-corrected chi connectivity index (χ2v) is 6.05. The Balaban J connectivity index is 1.63. The Morgan fingerprint density at radius 2 is 1.96 bits per heavy atom. The van der Waals surface area contributed by atoms with Gasteiger partial charge in [-0.1, -0.05) is 23.7 Å². The summed E-state index contributed by atoms with van der Waals surface area (Å²) in [6, 6.07) is 11.4. The summed E-state index contributed by atoms with van der Waals surface area (Å²) >= 11 is 6.31. The van der Waals surface area contributed by atoms with Crippen molar-refractivity contribution >= 4 is 23.7 Å². The Morgan fingerprint density at radius 3 is 2.68 bits per heavy atom. The number of hydrogen-bond acceptors (Lipinski definition) is 4. The van der Waals surface area contributed by atoms with E-state index in [0.29, 0.717) is 16.9 Å². The van der Waals surface area contributed by atoms with E-state index in [4.69, 9.17) is 16.3 Å². The third-order valence-corrected chi connectivity index (χ3v) is 4.06. The smallest absolute Gasteiger partial charge is 0.277 e. The predicted octanol–water partition coefficient (Wildman–Crippen LogP) is 3.64. The molecule has 0 radical (unpaired) electrons. The Hall–Kier alpha value is -3.26. The molecule has 1 N–H and O–H groups in total. The van der Waals surface area contributed by atoms with Gasteiger partial charge in [0, 0.05) is 0 Å². The standard InChI is InChI=1S/C19H15ClF2N4O2/c1-12-15(19(20)26(25-12)14-8-6-13(21)7-9-14)10-23-24-18(27)11-28-17-5-3-2-4-16(17)22/h2-10H,11H2,1H3,(H,24,27)/b23-10+. The summed E-state index contributed by atoms with van der Waals surface area (Å²) in [4.78, 5) is 11.8. The summed E-state index contributed by atoms with van der Waals surface area (Å²) in [6.45, 7) is 1.32. The number of aryl methyl sites for hydroxylation is 1. The van der Waals surface area contributed by atoms with Crippen LogP contribution < -0.4 is 10.2 Å². The average Bonchev–Trinajstić information content (AvgIpc) is 2.96. The number of carbonyl (C=O) groups is 1. The van der Waals surface area contributed by atoms with Crippen molar-refractivity contribution < 1.29 is 18.3 Å². The van der Waals surface area contributed by atoms with Crippen molar-refractivity contribution in [1.29, 1.82) is 0 Å². The number of nitrogens with one attached hydrogen (secondary N) is 1. The fourth-order valence-electron chi connectivity index (χ4n) is 2.32. The topological polar surface area (TPSA) is 68.5 Å². The van der Waals surface area contributed by atoms with Crippen LogP contribution in [0.15, 0.2) is 53.6 Å². The van der Waals surface area contributed by atoms with Gasteiger partial charge < -0.3 is 4.74 Å². The highest BCUT2D eigenvalue weighted by Gasteiger charge is 2.13. The zero-order chi connectivity index (χ0) is 20.1. The van der Waals surface area contributed by atoms with Crippen LogP contribution in [0.2, 0.25) is 5.15 Å². The fourth-order valence-corrected chi connectivity index (χ4v) is 2.64. The molecule has 2 aromatic carbocycles. The van der Waals surface area contributed by atoms with Gasteiger partial charge in [-0.05, 0) is 43.3 Å². The van der Waals surface area contributed by atoms with E-state index in [1.807, 2.05) is 0 Å². The van der Waals surface area contributed by atoms with Crippen LogP contribution in [0.4, 0.5) is 8.78 Å². The highest BCUT2D eigenvalue weighted by atomic mass is 35.5. The molecule has 144 valence electrons. The zero-order valence-electron chi connectivity index (χ0n) is 14.7. The number of para-hydroxylation sites is 1. The number of benzene rings is 2. The van der Waals surface area contributed by atoms with Crippen molar-refractivity contribution in [3.8, 4) is 11.4 Å². The molecule has 1 heterocycles. The molecule has 0 aliphatic carbocycles. The molecule has 3 aromatic rings. The maximum atomic E-state index is 13.4. The lowest BCUT2D eigenvalue weighted by Gasteiger charge is -2.05. The molecule has 6 nitrogen and oxygen atoms in total. The van der Waals surface area contributed by atoms with Crippen LogP contribution >= 0.6 is 11.6 Å². The van der Waals surface area contributed by atoms with Gasteiger partial charge in [0.1, 0.15) is 11.0 Å². The van der Waals surface area contributed by atoms with Gasteiger partial charge in [-0.3, -0.25) is 4.79 Å². The lowest BCUT2D eigenvalue weighted by atomic mass is 10.3. The maximum Gasteiger partial charge on any atom is 0.277 e. The first-order chi connectivity index (χ1) is 13.5. The molecule has 3 rings (SSSR count). The van der Waals surface area contributed by atoms with Crippen LogP contribution in [0.5, 0.6) is 5.75 Å². The van der Waals surface area contributed by atoms with Crippen molar-refractivity contribution in [3.63, 3.8) is 0 Å². The van der Waals surface area contributed by atoms with E-state index in [2.05, 4.69) is 15.6 Å². The minimum absolute atomic E-state index is 0.0268. The number of aromatic nitrogens is 2. The average molecular weight is 405 g/mol. The number of amides is 1. The molecule has 0 aliphatic rings. The van der Waals surface area contributed by atoms with E-state index >= 15 is 0 Å². The normalized spacial score (nSPS) is 11.0. The van der Waals surface area contributed by atoms with Crippen molar-refractivity contribution in [2.75, 3.05) is 6.61 Å². The lowest BCUT2D eigenvalue weighted by Crippen LogP contribution is -2.24. The largest absolute Gasteiger partial charge is 0.481 e. The molecule has 1 amide bonds. The Morgan fingerprint density at radius 1 is 1.25 bits per heavy atom. The van der Waals surface area contributed by atoms with Gasteiger partial charge >= 0.3 is 0 Å². The van der Waals surface area contributed by atoms with E-state index in [1.165, 1.54) is 53.4 Å². The molecule has 0 fully saturated rings. The van der Waals surface area contributed by atoms with Gasteiger partial charge in [0.25, 0.3) is 5.91 Å². The third-order valence-electron chi connectivity index (χ3n) is 3.70. The highest BCUT2D eigenvalue weighted by molar-refractivity contribution is 6.32. The molecule has 0 atom stereocenters. The molecule has 0 spiro atoms. The molecule has 1 aromatic heterocycles. The van der Waals surface area contributed by atoms with E-state index in [-0.39, 0.29) is 16.7 Å². The third kappa shape index (κ3) is 4.52. The first-order valence-electron chi connectivity index (χ1n) is 8.16. The molecule has 0 bridgehead atoms. The van der Waals surface area contributed by atoms with E-state index in [0.717, 1.165) is 0 Å². The summed E-state index contributed by atoms with van der Waals surface area (Å²) in [5.41, 5.74) is 3.90. The monoisotopic (exact) mass is 404 g/mol. The number of nitrogens with zero attached hydrogens (tertiary/aromatic N) is 3. The first kappa shape index (κ1) is 19.5. The number of hydrogen-bond donors (Lipinski definition) is 1. The van der Waals surface area contributed by atoms with Crippen LogP contribution in [0.1, 0.15) is 11.3 Å². The van der Waals surface area contributed by atoms with Crippen molar-refractivity contribution in [1.82, 2.24) is 15.2 Å².